The average Bonchev–Trinajstić information content (AvgIpc) is 3.32. The van der Waals surface area contributed by atoms with Gasteiger partial charge in [-0.25, -0.2) is 14.1 Å². The van der Waals surface area contributed by atoms with Crippen molar-refractivity contribution in [3.8, 4) is 0 Å². The Kier molecular flexibility index (Phi) is 8.08. The Morgan fingerprint density at radius 3 is 2.70 bits per heavy atom. The van der Waals surface area contributed by atoms with Gasteiger partial charge in [0.15, 0.2) is 17.8 Å². The first-order chi connectivity index (χ1) is 17.3. The van der Waals surface area contributed by atoms with Gasteiger partial charge in [-0.3, -0.25) is 9.13 Å². The average molecular weight is 580 g/mol. The van der Waals surface area contributed by atoms with E-state index in [4.69, 9.17) is 36.4 Å². The minimum absolute atomic E-state index is 0.0862. The minimum Gasteiger partial charge on any atom is -0.389 e. The zero-order valence-electron chi connectivity index (χ0n) is 19.3. The van der Waals surface area contributed by atoms with Gasteiger partial charge in [-0.2, -0.15) is 5.10 Å². The van der Waals surface area contributed by atoms with E-state index in [0.29, 0.717) is 16.6 Å². The maximum atomic E-state index is 14.2. The van der Waals surface area contributed by atoms with Gasteiger partial charge >= 0.3 is 15.2 Å². The van der Waals surface area contributed by atoms with Crippen LogP contribution in [0, 0.1) is 5.82 Å². The van der Waals surface area contributed by atoms with E-state index in [9.17, 15) is 23.5 Å². The lowest BCUT2D eigenvalue weighted by molar-refractivity contribution is -0.0441. The van der Waals surface area contributed by atoms with Crippen LogP contribution in [-0.2, 0) is 18.4 Å². The van der Waals surface area contributed by atoms with Crippen molar-refractivity contribution in [3.05, 3.63) is 53.1 Å². The number of nitrogens with two attached hydrogens (primary N) is 1. The third kappa shape index (κ3) is 6.37. The molecular weight excluding hydrogens is 555 g/mol. The van der Waals surface area contributed by atoms with E-state index in [1.165, 1.54) is 16.9 Å². The van der Waals surface area contributed by atoms with Crippen molar-refractivity contribution in [2.24, 2.45) is 5.73 Å². The number of halogens is 2. The molecule has 202 valence electrons. The Labute approximate surface area is 215 Å². The predicted molar refractivity (Wildman–Crippen MR) is 132 cm³/mol. The van der Waals surface area contributed by atoms with Gasteiger partial charge in [0.1, 0.15) is 23.2 Å². The summed E-state index contributed by atoms with van der Waals surface area (Å²) in [6.07, 6.45) is -2.22. The fourth-order valence-corrected chi connectivity index (χ4v) is 6.78. The molecule has 1 aromatic carbocycles. The summed E-state index contributed by atoms with van der Waals surface area (Å²) >= 11 is 6.24. The minimum atomic E-state index is -4.83. The molecule has 0 radical (unpaired) electrons. The predicted octanol–water partition coefficient (Wildman–Crippen LogP) is 2.32. The third-order valence-electron chi connectivity index (χ3n) is 5.74. The van der Waals surface area contributed by atoms with Crippen LogP contribution in [0.1, 0.15) is 24.8 Å². The number of fused-ring (bicyclic) bond motifs is 1. The highest BCUT2D eigenvalue weighted by Gasteiger charge is 2.45. The Balaban J connectivity index is 1.56. The van der Waals surface area contributed by atoms with Crippen molar-refractivity contribution in [2.75, 3.05) is 17.8 Å². The Morgan fingerprint density at radius 2 is 2.03 bits per heavy atom. The molecule has 7 N–H and O–H groups in total. The van der Waals surface area contributed by atoms with E-state index in [2.05, 4.69) is 15.4 Å². The third-order valence-corrected chi connectivity index (χ3v) is 9.39. The Hall–Kier alpha value is -1.96. The summed E-state index contributed by atoms with van der Waals surface area (Å²) in [7, 11) is -9.49. The van der Waals surface area contributed by atoms with Gasteiger partial charge in [-0.05, 0) is 19.1 Å². The zero-order valence-corrected chi connectivity index (χ0v) is 21.8. The maximum absolute atomic E-state index is 14.2. The molecule has 0 amide bonds. The molecule has 3 unspecified atom stereocenters. The lowest BCUT2D eigenvalue weighted by atomic mass is 10.1. The van der Waals surface area contributed by atoms with Crippen LogP contribution < -0.4 is 11.1 Å². The second-order valence-corrected chi connectivity index (χ2v) is 13.0. The van der Waals surface area contributed by atoms with Crippen LogP contribution in [0.15, 0.2) is 36.5 Å². The lowest BCUT2D eigenvalue weighted by Gasteiger charge is -2.19. The van der Waals surface area contributed by atoms with Gasteiger partial charge in [0.05, 0.1) is 36.0 Å². The number of aliphatic hydroxyl groups excluding tert-OH is 1. The molecule has 0 saturated carbocycles. The molecule has 0 spiro atoms. The van der Waals surface area contributed by atoms with Crippen molar-refractivity contribution in [2.45, 2.75) is 37.4 Å². The van der Waals surface area contributed by atoms with Crippen LogP contribution in [0.25, 0.3) is 11.0 Å². The Morgan fingerprint density at radius 1 is 1.32 bits per heavy atom. The highest BCUT2D eigenvalue weighted by Crippen LogP contribution is 2.55. The monoisotopic (exact) mass is 579 g/mol. The molecule has 1 aliphatic rings. The first-order valence-electron chi connectivity index (χ1n) is 10.9. The number of anilines is 1. The van der Waals surface area contributed by atoms with Gasteiger partial charge in [0, 0.05) is 5.56 Å². The molecule has 0 aliphatic carbocycles. The van der Waals surface area contributed by atoms with Gasteiger partial charge < -0.3 is 40.1 Å². The molecule has 3 aromatic rings. The number of benzene rings is 1. The van der Waals surface area contributed by atoms with Gasteiger partial charge in [0.25, 0.3) is 0 Å². The number of hydrogen-bond acceptors (Lipinski definition) is 9. The van der Waals surface area contributed by atoms with Crippen LogP contribution in [0.5, 0.6) is 0 Å². The molecule has 6 atom stereocenters. The molecule has 1 fully saturated rings. The van der Waals surface area contributed by atoms with Gasteiger partial charge in [-0.15, -0.1) is 0 Å². The largest absolute Gasteiger partial charge is 0.389 e. The first kappa shape index (κ1) is 28.1. The number of pyridine rings is 1. The summed E-state index contributed by atoms with van der Waals surface area (Å²) in [5, 5.41) is 18.6. The summed E-state index contributed by atoms with van der Waals surface area (Å²) in [6, 6.07) is 6.34. The number of aromatic nitrogens is 3. The topological polar surface area (TPSA) is 202 Å². The summed E-state index contributed by atoms with van der Waals surface area (Å²) in [6.45, 7) is 1.10. The number of rotatable bonds is 9. The normalized spacial score (nSPS) is 24.8. The number of nitrogens with one attached hydrogen (secondary N) is 1. The molecule has 3 heterocycles. The number of ether oxygens (including phenoxy) is 1. The second-order valence-electron chi connectivity index (χ2n) is 8.58. The van der Waals surface area contributed by atoms with E-state index < -0.39 is 58.2 Å². The Bertz CT molecular complexity index is 1390. The standard InChI is InChI=1S/C20H25ClFN5O8P2/c1-10(11-4-2-3-5-13(11)22)25-14-6-16(21)26-19-12(14)7-24-27(19)20-17(23)18(28)15(35-20)8-34-37(32,33)9-36(29,30)31/h2-7,10,15,17-18,20,28H,8-9,23H2,1H3,(H,25,26)(H,32,33)(H2,29,30,31)/t10?,15-,17-,18-,20?/m1/s1. The van der Waals surface area contributed by atoms with Crippen LogP contribution in [0.2, 0.25) is 5.15 Å². The number of aliphatic hydroxyl groups is 1. The fourth-order valence-electron chi connectivity index (χ4n) is 4.02. The maximum Gasteiger partial charge on any atom is 0.340 e. The highest BCUT2D eigenvalue weighted by atomic mass is 35.5. The second kappa shape index (κ2) is 10.7. The van der Waals surface area contributed by atoms with E-state index in [1.54, 1.807) is 31.2 Å². The van der Waals surface area contributed by atoms with E-state index in [1.807, 2.05) is 0 Å². The van der Waals surface area contributed by atoms with Crippen molar-refractivity contribution in [1.29, 1.82) is 0 Å². The van der Waals surface area contributed by atoms with Crippen molar-refractivity contribution >= 4 is 43.5 Å². The zero-order chi connectivity index (χ0) is 27.1. The summed E-state index contributed by atoms with van der Waals surface area (Å²) in [5.41, 5.74) is 7.29. The summed E-state index contributed by atoms with van der Waals surface area (Å²) in [4.78, 5) is 31.8. The fraction of sp³-hybridized carbons (Fsp3) is 0.400. The van der Waals surface area contributed by atoms with Gasteiger partial charge in [-0.1, -0.05) is 29.8 Å². The molecule has 0 bridgehead atoms. The SMILES string of the molecule is CC(Nc1cc(Cl)nc2c1cnn2C1O[C@H](COP(=O)(O)CP(=O)(O)O)[C@@H](O)[C@H]1N)c1ccccc1F. The van der Waals surface area contributed by atoms with Crippen molar-refractivity contribution < 1.29 is 42.6 Å². The molecule has 1 saturated heterocycles. The molecule has 17 heteroatoms. The summed E-state index contributed by atoms with van der Waals surface area (Å²) in [5.74, 6) is -1.76. The number of nitrogens with zero attached hydrogens (tertiary/aromatic N) is 3. The number of hydrogen-bond donors (Lipinski definition) is 6. The van der Waals surface area contributed by atoms with Crippen LogP contribution in [0.4, 0.5) is 10.1 Å². The quantitative estimate of drug-likeness (QED) is 0.160. The molecule has 4 rings (SSSR count). The first-order valence-corrected chi connectivity index (χ1v) is 14.8. The molecule has 37 heavy (non-hydrogen) atoms. The highest BCUT2D eigenvalue weighted by molar-refractivity contribution is 7.70. The van der Waals surface area contributed by atoms with Crippen molar-refractivity contribution in [1.82, 2.24) is 14.8 Å². The molecule has 1 aliphatic heterocycles. The smallest absolute Gasteiger partial charge is 0.340 e. The van der Waals surface area contributed by atoms with Crippen LogP contribution >= 0.6 is 26.8 Å². The van der Waals surface area contributed by atoms with Gasteiger partial charge in [0.2, 0.25) is 0 Å². The van der Waals surface area contributed by atoms with E-state index >= 15 is 0 Å². The van der Waals surface area contributed by atoms with E-state index in [-0.39, 0.29) is 16.6 Å². The van der Waals surface area contributed by atoms with Crippen LogP contribution in [-0.4, -0.2) is 65.3 Å². The van der Waals surface area contributed by atoms with Crippen LogP contribution in [0.3, 0.4) is 0 Å². The van der Waals surface area contributed by atoms with Crippen molar-refractivity contribution in [3.63, 3.8) is 0 Å². The molecule has 2 aromatic heterocycles. The molecular formula is C20H25ClFN5O8P2. The summed E-state index contributed by atoms with van der Waals surface area (Å²) < 4.78 is 49.0. The molecule has 13 nitrogen and oxygen atoms in total. The van der Waals surface area contributed by atoms with E-state index in [0.717, 1.165) is 0 Å². The lowest BCUT2D eigenvalue weighted by Crippen LogP contribution is -2.40.